The summed E-state index contributed by atoms with van der Waals surface area (Å²) in [6.45, 7) is 6.45. The lowest BCUT2D eigenvalue weighted by Crippen LogP contribution is -2.42. The molecule has 1 heterocycles. The molecule has 1 N–H and O–H groups in total. The number of para-hydroxylation sites is 1. The second kappa shape index (κ2) is 6.29. The molecule has 2 atom stereocenters. The van der Waals surface area contributed by atoms with Crippen LogP contribution < -0.4 is 5.32 Å². The van der Waals surface area contributed by atoms with E-state index in [9.17, 15) is 4.79 Å². The summed E-state index contributed by atoms with van der Waals surface area (Å²) in [5.74, 6) is 0.257. The molecule has 1 amide bonds. The Balaban J connectivity index is 2.26. The van der Waals surface area contributed by atoms with Gasteiger partial charge >= 0.3 is 0 Å². The summed E-state index contributed by atoms with van der Waals surface area (Å²) in [7, 11) is 1.95. The van der Waals surface area contributed by atoms with Gasteiger partial charge in [0.25, 0.3) is 0 Å². The minimum atomic E-state index is -0.00644. The summed E-state index contributed by atoms with van der Waals surface area (Å²) >= 11 is 0. The van der Waals surface area contributed by atoms with E-state index in [-0.39, 0.29) is 11.8 Å². The second-order valence-corrected chi connectivity index (χ2v) is 5.84. The van der Waals surface area contributed by atoms with Crippen LogP contribution in [0.2, 0.25) is 0 Å². The molecule has 2 rings (SSSR count). The van der Waals surface area contributed by atoms with Gasteiger partial charge in [-0.15, -0.1) is 0 Å². The van der Waals surface area contributed by atoms with E-state index in [4.69, 9.17) is 0 Å². The van der Waals surface area contributed by atoms with E-state index >= 15 is 0 Å². The molecule has 0 saturated carbocycles. The normalized spacial score (nSPS) is 21.2. The van der Waals surface area contributed by atoms with Gasteiger partial charge in [0.05, 0.1) is 5.92 Å². The van der Waals surface area contributed by atoms with Crippen molar-refractivity contribution < 1.29 is 4.79 Å². The Labute approximate surface area is 122 Å². The maximum atomic E-state index is 12.9. The lowest BCUT2D eigenvalue weighted by Gasteiger charge is -2.35. The van der Waals surface area contributed by atoms with Crippen LogP contribution >= 0.6 is 0 Å². The fraction of sp³-hybridized carbons (Fsp3) is 0.588. The van der Waals surface area contributed by atoms with Crippen molar-refractivity contribution in [3.63, 3.8) is 0 Å². The Morgan fingerprint density at radius 3 is 2.65 bits per heavy atom. The molecular formula is C17H26N2O. The number of rotatable bonds is 4. The molecule has 2 unspecified atom stereocenters. The lowest BCUT2D eigenvalue weighted by molar-refractivity contribution is -0.134. The van der Waals surface area contributed by atoms with Crippen molar-refractivity contribution in [3.05, 3.63) is 29.8 Å². The van der Waals surface area contributed by atoms with Crippen LogP contribution in [0.4, 0.5) is 5.69 Å². The maximum Gasteiger partial charge on any atom is 0.230 e. The van der Waals surface area contributed by atoms with E-state index in [1.807, 2.05) is 24.1 Å². The van der Waals surface area contributed by atoms with Gasteiger partial charge in [0.15, 0.2) is 0 Å². The highest BCUT2D eigenvalue weighted by Gasteiger charge is 2.32. The first-order valence-electron chi connectivity index (χ1n) is 7.70. The van der Waals surface area contributed by atoms with Gasteiger partial charge in [0.1, 0.15) is 0 Å². The average molecular weight is 274 g/mol. The van der Waals surface area contributed by atoms with Gasteiger partial charge in [-0.2, -0.15) is 0 Å². The van der Waals surface area contributed by atoms with Crippen LogP contribution in [-0.4, -0.2) is 29.9 Å². The van der Waals surface area contributed by atoms with E-state index < -0.39 is 0 Å². The van der Waals surface area contributed by atoms with Crippen molar-refractivity contribution in [1.82, 2.24) is 4.90 Å². The number of fused-ring (bicyclic) bond motifs is 1. The summed E-state index contributed by atoms with van der Waals surface area (Å²) in [5.41, 5.74) is 2.26. The molecule has 1 aliphatic heterocycles. The average Bonchev–Trinajstić information content (AvgIpc) is 2.46. The Bertz CT molecular complexity index is 468. The zero-order chi connectivity index (χ0) is 14.7. The van der Waals surface area contributed by atoms with E-state index in [0.29, 0.717) is 12.1 Å². The van der Waals surface area contributed by atoms with Crippen molar-refractivity contribution in [2.24, 2.45) is 0 Å². The highest BCUT2D eigenvalue weighted by molar-refractivity contribution is 5.86. The monoisotopic (exact) mass is 274 g/mol. The molecule has 0 saturated heterocycles. The topological polar surface area (TPSA) is 32.3 Å². The first-order chi connectivity index (χ1) is 9.58. The third-order valence-corrected chi connectivity index (χ3v) is 4.46. The Hall–Kier alpha value is -1.51. The third-order valence-electron chi connectivity index (χ3n) is 4.46. The molecule has 0 fully saturated rings. The molecule has 20 heavy (non-hydrogen) atoms. The van der Waals surface area contributed by atoms with Crippen LogP contribution in [0, 0.1) is 0 Å². The van der Waals surface area contributed by atoms with Crippen molar-refractivity contribution in [2.45, 2.75) is 58.0 Å². The zero-order valence-electron chi connectivity index (χ0n) is 13.0. The summed E-state index contributed by atoms with van der Waals surface area (Å²) in [4.78, 5) is 14.8. The van der Waals surface area contributed by atoms with Crippen LogP contribution in [0.3, 0.4) is 0 Å². The highest BCUT2D eigenvalue weighted by atomic mass is 16.2. The smallest absolute Gasteiger partial charge is 0.230 e. The van der Waals surface area contributed by atoms with Crippen molar-refractivity contribution in [2.75, 3.05) is 12.4 Å². The SMILES string of the molecule is CCC(CC)N(C)C(=O)C1CC(C)Nc2ccccc21. The zero-order valence-corrected chi connectivity index (χ0v) is 13.0. The highest BCUT2D eigenvalue weighted by Crippen LogP contribution is 2.35. The molecule has 0 aliphatic carbocycles. The fourth-order valence-electron chi connectivity index (χ4n) is 3.23. The van der Waals surface area contributed by atoms with Gasteiger partial charge in [-0.25, -0.2) is 0 Å². The Kier molecular flexibility index (Phi) is 4.69. The molecule has 1 aliphatic rings. The van der Waals surface area contributed by atoms with Crippen molar-refractivity contribution in [3.8, 4) is 0 Å². The van der Waals surface area contributed by atoms with Crippen LogP contribution in [0.5, 0.6) is 0 Å². The molecular weight excluding hydrogens is 248 g/mol. The molecule has 0 radical (unpaired) electrons. The number of nitrogens with one attached hydrogen (secondary N) is 1. The number of hydrogen-bond acceptors (Lipinski definition) is 2. The second-order valence-electron chi connectivity index (χ2n) is 5.84. The molecule has 0 bridgehead atoms. The van der Waals surface area contributed by atoms with Crippen molar-refractivity contribution >= 4 is 11.6 Å². The number of carbonyl (C=O) groups excluding carboxylic acids is 1. The van der Waals surface area contributed by atoms with Crippen molar-refractivity contribution in [1.29, 1.82) is 0 Å². The van der Waals surface area contributed by atoms with E-state index in [2.05, 4.69) is 38.2 Å². The van der Waals surface area contributed by atoms with Gasteiger partial charge in [-0.05, 0) is 37.8 Å². The van der Waals surface area contributed by atoms with Gasteiger partial charge in [0, 0.05) is 24.8 Å². The standard InChI is InChI=1S/C17H26N2O/c1-5-13(6-2)19(4)17(20)15-11-12(3)18-16-10-8-7-9-14(15)16/h7-10,12-13,15,18H,5-6,11H2,1-4H3. The lowest BCUT2D eigenvalue weighted by atomic mass is 9.86. The molecule has 110 valence electrons. The first-order valence-corrected chi connectivity index (χ1v) is 7.70. The van der Waals surface area contributed by atoms with Gasteiger partial charge in [-0.3, -0.25) is 4.79 Å². The van der Waals surface area contributed by atoms with E-state index in [0.717, 1.165) is 30.5 Å². The maximum absolute atomic E-state index is 12.9. The fourth-order valence-corrected chi connectivity index (χ4v) is 3.23. The number of anilines is 1. The number of amides is 1. The summed E-state index contributed by atoms with van der Waals surface area (Å²) in [5, 5.41) is 3.47. The molecule has 3 heteroatoms. The number of hydrogen-bond donors (Lipinski definition) is 1. The van der Waals surface area contributed by atoms with Crippen LogP contribution in [0.1, 0.15) is 51.5 Å². The molecule has 0 spiro atoms. The van der Waals surface area contributed by atoms with Crippen LogP contribution in [0.25, 0.3) is 0 Å². The summed E-state index contributed by atoms with van der Waals surface area (Å²) < 4.78 is 0. The minimum Gasteiger partial charge on any atom is -0.382 e. The predicted molar refractivity (Wildman–Crippen MR) is 84.0 cm³/mol. The largest absolute Gasteiger partial charge is 0.382 e. The van der Waals surface area contributed by atoms with Gasteiger partial charge in [0.2, 0.25) is 5.91 Å². The molecule has 1 aromatic rings. The number of benzene rings is 1. The van der Waals surface area contributed by atoms with Gasteiger partial charge < -0.3 is 10.2 Å². The minimum absolute atomic E-state index is 0.00644. The Morgan fingerprint density at radius 2 is 2.00 bits per heavy atom. The van der Waals surface area contributed by atoms with E-state index in [1.165, 1.54) is 0 Å². The van der Waals surface area contributed by atoms with Gasteiger partial charge in [-0.1, -0.05) is 32.0 Å². The number of likely N-dealkylation sites (N-methyl/N-ethyl adjacent to an activating group) is 1. The molecule has 0 aromatic heterocycles. The van der Waals surface area contributed by atoms with E-state index in [1.54, 1.807) is 0 Å². The molecule has 1 aromatic carbocycles. The van der Waals surface area contributed by atoms with Crippen LogP contribution in [0.15, 0.2) is 24.3 Å². The summed E-state index contributed by atoms with van der Waals surface area (Å²) in [6.07, 6.45) is 2.90. The summed E-state index contributed by atoms with van der Waals surface area (Å²) in [6, 6.07) is 8.89. The Morgan fingerprint density at radius 1 is 1.35 bits per heavy atom. The quantitative estimate of drug-likeness (QED) is 0.909. The predicted octanol–water partition coefficient (Wildman–Crippen LogP) is 3.62. The number of nitrogens with zero attached hydrogens (tertiary/aromatic N) is 1. The third kappa shape index (κ3) is 2.82. The first kappa shape index (κ1) is 14.9. The number of carbonyl (C=O) groups is 1. The molecule has 3 nitrogen and oxygen atoms in total. The van der Waals surface area contributed by atoms with Crippen LogP contribution in [-0.2, 0) is 4.79 Å².